The number of carbonyl (C=O) groups is 2. The number of amides is 2. The second kappa shape index (κ2) is 8.29. The minimum atomic E-state index is -0.191. The van der Waals surface area contributed by atoms with E-state index in [9.17, 15) is 9.59 Å². The first-order chi connectivity index (χ1) is 11.1. The van der Waals surface area contributed by atoms with Crippen molar-refractivity contribution >= 4 is 22.6 Å². The van der Waals surface area contributed by atoms with Gasteiger partial charge in [0, 0.05) is 12.6 Å². The molecule has 0 radical (unpaired) electrons. The molecular formula is C18H23N3O2. The van der Waals surface area contributed by atoms with Crippen LogP contribution in [0.25, 0.3) is 10.8 Å². The molecule has 1 atom stereocenters. The highest BCUT2D eigenvalue weighted by Gasteiger charge is 2.11. The first kappa shape index (κ1) is 17.0. The Balaban J connectivity index is 1.90. The molecule has 0 bridgehead atoms. The minimum Gasteiger partial charge on any atom is -0.355 e. The van der Waals surface area contributed by atoms with E-state index >= 15 is 0 Å². The highest BCUT2D eigenvalue weighted by Crippen LogP contribution is 2.23. The van der Waals surface area contributed by atoms with Crippen LogP contribution in [-0.4, -0.2) is 31.4 Å². The van der Waals surface area contributed by atoms with Gasteiger partial charge in [0.25, 0.3) is 0 Å². The molecule has 0 aliphatic carbocycles. The van der Waals surface area contributed by atoms with E-state index in [1.807, 2.05) is 32.0 Å². The molecule has 5 nitrogen and oxygen atoms in total. The number of nitrogens with one attached hydrogen (secondary N) is 3. The van der Waals surface area contributed by atoms with Gasteiger partial charge in [0.1, 0.15) is 0 Å². The molecule has 2 amide bonds. The summed E-state index contributed by atoms with van der Waals surface area (Å²) in [7, 11) is 0. The normalized spacial score (nSPS) is 11.9. The van der Waals surface area contributed by atoms with Gasteiger partial charge in [-0.3, -0.25) is 9.59 Å². The Labute approximate surface area is 136 Å². The lowest BCUT2D eigenvalue weighted by Gasteiger charge is -2.16. The Morgan fingerprint density at radius 3 is 2.43 bits per heavy atom. The van der Waals surface area contributed by atoms with Crippen LogP contribution in [0.5, 0.6) is 0 Å². The van der Waals surface area contributed by atoms with Crippen molar-refractivity contribution in [1.29, 1.82) is 0 Å². The molecule has 0 aromatic heterocycles. The zero-order valence-corrected chi connectivity index (χ0v) is 13.6. The second-order valence-corrected chi connectivity index (χ2v) is 5.40. The van der Waals surface area contributed by atoms with Crippen molar-refractivity contribution in [3.05, 3.63) is 48.0 Å². The summed E-state index contributed by atoms with van der Waals surface area (Å²) in [5.74, 6) is -0.369. The van der Waals surface area contributed by atoms with Crippen molar-refractivity contribution in [3.63, 3.8) is 0 Å². The van der Waals surface area contributed by atoms with Crippen LogP contribution in [-0.2, 0) is 9.59 Å². The van der Waals surface area contributed by atoms with Crippen LogP contribution in [0.2, 0.25) is 0 Å². The van der Waals surface area contributed by atoms with Crippen LogP contribution in [0, 0.1) is 0 Å². The Kier molecular flexibility index (Phi) is 6.11. The molecule has 0 spiro atoms. The number of hydrogen-bond acceptors (Lipinski definition) is 3. The van der Waals surface area contributed by atoms with Gasteiger partial charge in [-0.15, -0.1) is 0 Å². The van der Waals surface area contributed by atoms with Crippen molar-refractivity contribution in [2.75, 3.05) is 19.6 Å². The summed E-state index contributed by atoms with van der Waals surface area (Å²) in [4.78, 5) is 23.1. The summed E-state index contributed by atoms with van der Waals surface area (Å²) >= 11 is 0. The quantitative estimate of drug-likeness (QED) is 0.729. The van der Waals surface area contributed by atoms with Gasteiger partial charge in [-0.25, -0.2) is 0 Å². The predicted molar refractivity (Wildman–Crippen MR) is 92.1 cm³/mol. The number of fused-ring (bicyclic) bond motifs is 1. The largest absolute Gasteiger partial charge is 0.355 e. The SMILES string of the molecule is CCNC(=O)CNC(=O)CN[C@H](C)c1cccc2ccccc12. The van der Waals surface area contributed by atoms with E-state index in [-0.39, 0.29) is 30.9 Å². The summed E-state index contributed by atoms with van der Waals surface area (Å²) < 4.78 is 0. The molecule has 0 aliphatic heterocycles. The van der Waals surface area contributed by atoms with Crippen LogP contribution >= 0.6 is 0 Å². The fourth-order valence-electron chi connectivity index (χ4n) is 2.48. The number of rotatable bonds is 7. The fraction of sp³-hybridized carbons (Fsp3) is 0.333. The van der Waals surface area contributed by atoms with Gasteiger partial charge in [0.15, 0.2) is 0 Å². The Hall–Kier alpha value is -2.40. The van der Waals surface area contributed by atoms with Gasteiger partial charge in [0.05, 0.1) is 13.1 Å². The molecule has 0 fully saturated rings. The summed E-state index contributed by atoms with van der Waals surface area (Å²) in [6.07, 6.45) is 0. The monoisotopic (exact) mass is 313 g/mol. The number of carbonyl (C=O) groups excluding carboxylic acids is 2. The van der Waals surface area contributed by atoms with Gasteiger partial charge in [0.2, 0.25) is 11.8 Å². The maximum atomic E-state index is 11.8. The Bertz CT molecular complexity index is 680. The molecule has 2 aromatic carbocycles. The average molecular weight is 313 g/mol. The number of hydrogen-bond donors (Lipinski definition) is 3. The van der Waals surface area contributed by atoms with Gasteiger partial charge >= 0.3 is 0 Å². The van der Waals surface area contributed by atoms with Crippen LogP contribution in [0.4, 0.5) is 0 Å². The molecule has 2 aromatic rings. The molecule has 0 saturated carbocycles. The van der Waals surface area contributed by atoms with E-state index in [2.05, 4.69) is 40.2 Å². The van der Waals surface area contributed by atoms with Gasteiger partial charge in [-0.05, 0) is 30.2 Å². The number of benzene rings is 2. The highest BCUT2D eigenvalue weighted by atomic mass is 16.2. The molecule has 5 heteroatoms. The summed E-state index contributed by atoms with van der Waals surface area (Å²) in [5, 5.41) is 10.8. The predicted octanol–water partition coefficient (Wildman–Crippen LogP) is 1.74. The molecule has 23 heavy (non-hydrogen) atoms. The molecule has 0 aliphatic rings. The van der Waals surface area contributed by atoms with Crippen molar-refractivity contribution in [1.82, 2.24) is 16.0 Å². The first-order valence-corrected chi connectivity index (χ1v) is 7.86. The van der Waals surface area contributed by atoms with Crippen molar-refractivity contribution < 1.29 is 9.59 Å². The smallest absolute Gasteiger partial charge is 0.239 e. The maximum absolute atomic E-state index is 11.8. The minimum absolute atomic E-state index is 0.0109. The van der Waals surface area contributed by atoms with Crippen molar-refractivity contribution in [2.24, 2.45) is 0 Å². The third kappa shape index (κ3) is 4.79. The lowest BCUT2D eigenvalue weighted by atomic mass is 10.00. The molecular weight excluding hydrogens is 290 g/mol. The van der Waals surface area contributed by atoms with Crippen LogP contribution in [0.3, 0.4) is 0 Å². The Morgan fingerprint density at radius 1 is 0.957 bits per heavy atom. The van der Waals surface area contributed by atoms with E-state index in [1.165, 1.54) is 10.8 Å². The van der Waals surface area contributed by atoms with E-state index in [0.717, 1.165) is 5.56 Å². The van der Waals surface area contributed by atoms with Crippen LogP contribution in [0.1, 0.15) is 25.5 Å². The first-order valence-electron chi connectivity index (χ1n) is 7.86. The Morgan fingerprint density at radius 2 is 1.65 bits per heavy atom. The van der Waals surface area contributed by atoms with Crippen LogP contribution in [0.15, 0.2) is 42.5 Å². The van der Waals surface area contributed by atoms with E-state index in [0.29, 0.717) is 6.54 Å². The van der Waals surface area contributed by atoms with E-state index in [1.54, 1.807) is 0 Å². The van der Waals surface area contributed by atoms with E-state index in [4.69, 9.17) is 0 Å². The fourth-order valence-corrected chi connectivity index (χ4v) is 2.48. The summed E-state index contributed by atoms with van der Waals surface area (Å²) in [6, 6.07) is 14.4. The topological polar surface area (TPSA) is 70.2 Å². The van der Waals surface area contributed by atoms with Crippen molar-refractivity contribution in [3.8, 4) is 0 Å². The molecule has 122 valence electrons. The molecule has 0 heterocycles. The molecule has 0 saturated heterocycles. The third-order valence-electron chi connectivity index (χ3n) is 3.68. The number of likely N-dealkylation sites (N-methyl/N-ethyl adjacent to an activating group) is 1. The maximum Gasteiger partial charge on any atom is 0.239 e. The second-order valence-electron chi connectivity index (χ2n) is 5.40. The molecule has 3 N–H and O–H groups in total. The third-order valence-corrected chi connectivity index (χ3v) is 3.68. The van der Waals surface area contributed by atoms with Gasteiger partial charge in [-0.2, -0.15) is 0 Å². The highest BCUT2D eigenvalue weighted by molar-refractivity contribution is 5.87. The standard InChI is InChI=1S/C18H23N3O2/c1-3-19-17(22)12-21-18(23)11-20-13(2)15-10-6-8-14-7-4-5-9-16(14)15/h4-10,13,20H,3,11-12H2,1-2H3,(H,19,22)(H,21,23)/t13-/m1/s1. The molecule has 2 rings (SSSR count). The van der Waals surface area contributed by atoms with Crippen LogP contribution < -0.4 is 16.0 Å². The zero-order valence-electron chi connectivity index (χ0n) is 13.6. The zero-order chi connectivity index (χ0) is 16.7. The van der Waals surface area contributed by atoms with Crippen molar-refractivity contribution in [2.45, 2.75) is 19.9 Å². The summed E-state index contributed by atoms with van der Waals surface area (Å²) in [6.45, 7) is 4.61. The lowest BCUT2D eigenvalue weighted by Crippen LogP contribution is -2.41. The van der Waals surface area contributed by atoms with E-state index < -0.39 is 0 Å². The van der Waals surface area contributed by atoms with Gasteiger partial charge < -0.3 is 16.0 Å². The lowest BCUT2D eigenvalue weighted by molar-refractivity contribution is -0.125. The van der Waals surface area contributed by atoms with Gasteiger partial charge in [-0.1, -0.05) is 42.5 Å². The summed E-state index contributed by atoms with van der Waals surface area (Å²) in [5.41, 5.74) is 1.15. The molecule has 0 unspecified atom stereocenters. The average Bonchev–Trinajstić information content (AvgIpc) is 2.57.